The fourth-order valence-electron chi connectivity index (χ4n) is 3.85. The van der Waals surface area contributed by atoms with Gasteiger partial charge in [0.05, 0.1) is 19.8 Å². The minimum Gasteiger partial charge on any atom is -0.493 e. The number of primary amides is 1. The fourth-order valence-corrected chi connectivity index (χ4v) is 3.85. The maximum atomic E-state index is 11.6. The van der Waals surface area contributed by atoms with E-state index in [0.717, 1.165) is 30.8 Å². The van der Waals surface area contributed by atoms with Crippen molar-refractivity contribution in [3.63, 3.8) is 0 Å². The molecule has 3 N–H and O–H groups in total. The SMILES string of the molecule is COCCCOc1cc(CC(CC[C@@H](O)CC(C(N)=O)C(C)C)C(C)C)ccc1OC. The van der Waals surface area contributed by atoms with Gasteiger partial charge in [0.2, 0.25) is 5.91 Å². The van der Waals surface area contributed by atoms with E-state index >= 15 is 0 Å². The van der Waals surface area contributed by atoms with Gasteiger partial charge >= 0.3 is 0 Å². The van der Waals surface area contributed by atoms with E-state index < -0.39 is 6.10 Å². The second-order valence-electron chi connectivity index (χ2n) is 9.11. The minimum atomic E-state index is -0.517. The van der Waals surface area contributed by atoms with E-state index in [1.54, 1.807) is 14.2 Å². The van der Waals surface area contributed by atoms with Gasteiger partial charge in [-0.1, -0.05) is 33.8 Å². The van der Waals surface area contributed by atoms with E-state index in [4.69, 9.17) is 19.9 Å². The van der Waals surface area contributed by atoms with Crippen molar-refractivity contribution in [2.75, 3.05) is 27.4 Å². The van der Waals surface area contributed by atoms with Gasteiger partial charge in [0.15, 0.2) is 11.5 Å². The summed E-state index contributed by atoms with van der Waals surface area (Å²) in [5, 5.41) is 10.5. The summed E-state index contributed by atoms with van der Waals surface area (Å²) in [6.45, 7) is 9.60. The highest BCUT2D eigenvalue weighted by Crippen LogP contribution is 2.31. The third-order valence-electron chi connectivity index (χ3n) is 5.99. The molecule has 6 nitrogen and oxygen atoms in total. The van der Waals surface area contributed by atoms with Crippen LogP contribution in [0.5, 0.6) is 11.5 Å². The Labute approximate surface area is 188 Å². The average Bonchev–Trinajstić information content (AvgIpc) is 2.71. The Morgan fingerprint density at radius 1 is 1.03 bits per heavy atom. The summed E-state index contributed by atoms with van der Waals surface area (Å²) >= 11 is 0. The number of methoxy groups -OCH3 is 2. The highest BCUT2D eigenvalue weighted by Gasteiger charge is 2.24. The average molecular weight is 438 g/mol. The molecule has 0 heterocycles. The molecule has 0 aromatic heterocycles. The van der Waals surface area contributed by atoms with Crippen LogP contribution in [0.15, 0.2) is 18.2 Å². The van der Waals surface area contributed by atoms with Crippen LogP contribution in [0.25, 0.3) is 0 Å². The van der Waals surface area contributed by atoms with Crippen molar-refractivity contribution >= 4 is 5.91 Å². The topological polar surface area (TPSA) is 91.0 Å². The zero-order valence-electron chi connectivity index (χ0n) is 20.2. The van der Waals surface area contributed by atoms with Gasteiger partial charge in [-0.2, -0.15) is 0 Å². The third-order valence-corrected chi connectivity index (χ3v) is 5.99. The maximum absolute atomic E-state index is 11.6. The number of ether oxygens (including phenoxy) is 3. The van der Waals surface area contributed by atoms with Crippen LogP contribution in [0.1, 0.15) is 58.9 Å². The summed E-state index contributed by atoms with van der Waals surface area (Å²) in [4.78, 5) is 11.6. The summed E-state index contributed by atoms with van der Waals surface area (Å²) in [6, 6.07) is 6.08. The first-order valence-electron chi connectivity index (χ1n) is 11.5. The van der Waals surface area contributed by atoms with Crippen LogP contribution >= 0.6 is 0 Å². The lowest BCUT2D eigenvalue weighted by atomic mass is 9.83. The second-order valence-corrected chi connectivity index (χ2v) is 9.11. The molecule has 0 spiro atoms. The quantitative estimate of drug-likeness (QED) is 0.378. The maximum Gasteiger partial charge on any atom is 0.220 e. The lowest BCUT2D eigenvalue weighted by Crippen LogP contribution is -2.31. The monoisotopic (exact) mass is 437 g/mol. The normalized spacial score (nSPS) is 14.5. The molecule has 1 aromatic rings. The molecule has 0 aliphatic rings. The zero-order valence-corrected chi connectivity index (χ0v) is 20.2. The van der Waals surface area contributed by atoms with Crippen molar-refractivity contribution in [2.45, 2.75) is 65.9 Å². The van der Waals surface area contributed by atoms with Gasteiger partial charge in [0, 0.05) is 26.1 Å². The molecule has 6 heteroatoms. The molecule has 0 bridgehead atoms. The summed E-state index contributed by atoms with van der Waals surface area (Å²) in [6.07, 6.45) is 3.18. The van der Waals surface area contributed by atoms with Crippen LogP contribution in [-0.2, 0) is 16.0 Å². The largest absolute Gasteiger partial charge is 0.493 e. The first kappa shape index (κ1) is 27.2. The van der Waals surface area contributed by atoms with Crippen LogP contribution in [0.3, 0.4) is 0 Å². The standard InChI is InChI=1S/C25H43NO5/c1-17(2)20(9-10-21(27)16-22(18(3)4)25(26)28)14-19-8-11-23(30-6)24(15-19)31-13-7-12-29-5/h8,11,15,17-18,20-22,27H,7,9-10,12-14,16H2,1-6H3,(H2,26,28)/t20?,21-,22?/m1/s1. The van der Waals surface area contributed by atoms with E-state index in [9.17, 15) is 9.90 Å². The van der Waals surface area contributed by atoms with Crippen molar-refractivity contribution in [2.24, 2.45) is 29.4 Å². The number of aliphatic hydroxyl groups excluding tert-OH is 1. The van der Waals surface area contributed by atoms with Gasteiger partial charge in [0.25, 0.3) is 0 Å². The Bertz CT molecular complexity index is 647. The van der Waals surface area contributed by atoms with Gasteiger partial charge in [-0.15, -0.1) is 0 Å². The molecule has 0 fully saturated rings. The van der Waals surface area contributed by atoms with Gasteiger partial charge in [-0.05, 0) is 61.1 Å². The lowest BCUT2D eigenvalue weighted by molar-refractivity contribution is -0.124. The number of amides is 1. The van der Waals surface area contributed by atoms with Crippen LogP contribution in [0.2, 0.25) is 0 Å². The van der Waals surface area contributed by atoms with Crippen LogP contribution in [-0.4, -0.2) is 44.6 Å². The molecule has 3 atom stereocenters. The molecule has 31 heavy (non-hydrogen) atoms. The van der Waals surface area contributed by atoms with Crippen molar-refractivity contribution in [1.82, 2.24) is 0 Å². The molecule has 0 radical (unpaired) electrons. The van der Waals surface area contributed by atoms with Gasteiger partial charge in [0.1, 0.15) is 0 Å². The summed E-state index contributed by atoms with van der Waals surface area (Å²) in [7, 11) is 3.33. The highest BCUT2D eigenvalue weighted by atomic mass is 16.5. The Kier molecular flexibility index (Phi) is 12.6. The van der Waals surface area contributed by atoms with Crippen LogP contribution in [0, 0.1) is 23.7 Å². The molecular weight excluding hydrogens is 394 g/mol. The number of nitrogens with two attached hydrogens (primary N) is 1. The van der Waals surface area contributed by atoms with E-state index in [1.807, 2.05) is 19.9 Å². The van der Waals surface area contributed by atoms with Gasteiger partial charge in [-0.3, -0.25) is 4.79 Å². The highest BCUT2D eigenvalue weighted by molar-refractivity contribution is 5.76. The number of carbonyl (C=O) groups is 1. The van der Waals surface area contributed by atoms with E-state index in [-0.39, 0.29) is 17.7 Å². The summed E-state index contributed by atoms with van der Waals surface area (Å²) in [5.74, 6) is 1.88. The molecular formula is C25H43NO5. The summed E-state index contributed by atoms with van der Waals surface area (Å²) < 4.78 is 16.4. The number of hydrogen-bond acceptors (Lipinski definition) is 5. The van der Waals surface area contributed by atoms with E-state index in [0.29, 0.717) is 37.9 Å². The van der Waals surface area contributed by atoms with Crippen LogP contribution < -0.4 is 15.2 Å². The van der Waals surface area contributed by atoms with Gasteiger partial charge < -0.3 is 25.1 Å². The number of hydrogen-bond donors (Lipinski definition) is 2. The second kappa shape index (κ2) is 14.3. The predicted octanol–water partition coefficient (Wildman–Crippen LogP) is 4.21. The number of carbonyl (C=O) groups excluding carboxylic acids is 1. The molecule has 0 saturated carbocycles. The Hall–Kier alpha value is -1.79. The van der Waals surface area contributed by atoms with E-state index in [1.165, 1.54) is 5.56 Å². The first-order valence-corrected chi connectivity index (χ1v) is 11.5. The first-order chi connectivity index (χ1) is 14.7. The fraction of sp³-hybridized carbons (Fsp3) is 0.720. The molecule has 2 unspecified atom stereocenters. The molecule has 1 rings (SSSR count). The Morgan fingerprint density at radius 3 is 2.29 bits per heavy atom. The Morgan fingerprint density at radius 2 is 1.74 bits per heavy atom. The minimum absolute atomic E-state index is 0.134. The van der Waals surface area contributed by atoms with Crippen molar-refractivity contribution in [3.05, 3.63) is 23.8 Å². The lowest BCUT2D eigenvalue weighted by Gasteiger charge is -2.25. The molecule has 0 aliphatic carbocycles. The third kappa shape index (κ3) is 9.92. The van der Waals surface area contributed by atoms with Crippen LogP contribution in [0.4, 0.5) is 0 Å². The molecule has 178 valence electrons. The number of aliphatic hydroxyl groups is 1. The molecule has 1 aromatic carbocycles. The Balaban J connectivity index is 2.74. The zero-order chi connectivity index (χ0) is 23.4. The van der Waals surface area contributed by atoms with E-state index in [2.05, 4.69) is 26.0 Å². The molecule has 1 amide bonds. The van der Waals surface area contributed by atoms with Crippen molar-refractivity contribution in [1.29, 1.82) is 0 Å². The molecule has 0 aliphatic heterocycles. The van der Waals surface area contributed by atoms with Crippen molar-refractivity contribution in [3.8, 4) is 11.5 Å². The van der Waals surface area contributed by atoms with Gasteiger partial charge in [-0.25, -0.2) is 0 Å². The smallest absolute Gasteiger partial charge is 0.220 e. The van der Waals surface area contributed by atoms with Crippen molar-refractivity contribution < 1.29 is 24.1 Å². The molecule has 0 saturated heterocycles. The number of rotatable bonds is 16. The predicted molar refractivity (Wildman–Crippen MR) is 124 cm³/mol. The summed E-state index contributed by atoms with van der Waals surface area (Å²) in [5.41, 5.74) is 6.69. The number of benzene rings is 1.